The summed E-state index contributed by atoms with van der Waals surface area (Å²) in [6.07, 6.45) is 3.55. The molecule has 150 valence electrons. The standard InChI is InChI=1S/C18H29ClN6OS/c1-4-17-23-22-14-25(17)11-10-21-18(20-9-6-12-26-5-2)24(3)13-15-7-8-16(19)27-15/h7-8,14H,4-6,9-13H2,1-3H3,(H,20,21). The van der Waals surface area contributed by atoms with Crippen molar-refractivity contribution >= 4 is 28.9 Å². The zero-order chi connectivity index (χ0) is 19.5. The first-order valence-corrected chi connectivity index (χ1v) is 10.5. The van der Waals surface area contributed by atoms with Gasteiger partial charge in [-0.1, -0.05) is 18.5 Å². The fourth-order valence-electron chi connectivity index (χ4n) is 2.58. The van der Waals surface area contributed by atoms with Crippen LogP contribution in [0.15, 0.2) is 23.5 Å². The molecule has 2 heterocycles. The minimum atomic E-state index is 0.727. The second-order valence-electron chi connectivity index (χ2n) is 6.04. The molecule has 0 saturated carbocycles. The molecule has 0 aliphatic heterocycles. The van der Waals surface area contributed by atoms with E-state index in [1.807, 2.05) is 20.0 Å². The van der Waals surface area contributed by atoms with Crippen molar-refractivity contribution in [3.05, 3.63) is 33.5 Å². The van der Waals surface area contributed by atoms with Crippen LogP contribution in [-0.4, -0.2) is 59.0 Å². The molecule has 0 radical (unpaired) electrons. The fourth-order valence-corrected chi connectivity index (χ4v) is 3.72. The van der Waals surface area contributed by atoms with E-state index in [-0.39, 0.29) is 0 Å². The van der Waals surface area contributed by atoms with Crippen molar-refractivity contribution in [2.45, 2.75) is 39.8 Å². The first-order chi connectivity index (χ1) is 13.1. The molecule has 2 rings (SSSR count). The average Bonchev–Trinajstić information content (AvgIpc) is 3.28. The number of hydrogen-bond acceptors (Lipinski definition) is 5. The molecule has 0 aliphatic rings. The van der Waals surface area contributed by atoms with Crippen LogP contribution in [0.2, 0.25) is 4.34 Å². The summed E-state index contributed by atoms with van der Waals surface area (Å²) in [6, 6.07) is 3.99. The number of nitrogens with zero attached hydrogens (tertiary/aromatic N) is 5. The van der Waals surface area contributed by atoms with Gasteiger partial charge in [-0.2, -0.15) is 0 Å². The molecule has 1 N–H and O–H groups in total. The lowest BCUT2D eigenvalue weighted by atomic mass is 10.4. The molecule has 0 spiro atoms. The third kappa shape index (κ3) is 7.48. The SMILES string of the molecule is CCOCCCN=C(NCCn1cnnc1CC)N(C)Cc1ccc(Cl)s1. The van der Waals surface area contributed by atoms with Crippen LogP contribution in [0.1, 0.15) is 31.0 Å². The Balaban J connectivity index is 1.92. The van der Waals surface area contributed by atoms with Crippen LogP contribution in [0.3, 0.4) is 0 Å². The van der Waals surface area contributed by atoms with E-state index in [4.69, 9.17) is 21.3 Å². The Hall–Kier alpha value is -1.64. The molecule has 0 saturated heterocycles. The third-order valence-electron chi connectivity index (χ3n) is 3.94. The number of halogens is 1. The van der Waals surface area contributed by atoms with Gasteiger partial charge in [-0.15, -0.1) is 21.5 Å². The highest BCUT2D eigenvalue weighted by Gasteiger charge is 2.09. The van der Waals surface area contributed by atoms with E-state index in [0.29, 0.717) is 0 Å². The number of guanidine groups is 1. The van der Waals surface area contributed by atoms with E-state index >= 15 is 0 Å². The highest BCUT2D eigenvalue weighted by atomic mass is 35.5. The van der Waals surface area contributed by atoms with Gasteiger partial charge in [0.05, 0.1) is 10.9 Å². The Bertz CT molecular complexity index is 702. The van der Waals surface area contributed by atoms with E-state index in [1.165, 1.54) is 4.88 Å². The number of aryl methyl sites for hydroxylation is 1. The summed E-state index contributed by atoms with van der Waals surface area (Å²) >= 11 is 7.65. The van der Waals surface area contributed by atoms with Crippen LogP contribution in [0.4, 0.5) is 0 Å². The Labute approximate surface area is 170 Å². The summed E-state index contributed by atoms with van der Waals surface area (Å²) in [7, 11) is 2.04. The Kier molecular flexibility index (Phi) is 9.58. The maximum absolute atomic E-state index is 6.05. The zero-order valence-electron chi connectivity index (χ0n) is 16.3. The minimum absolute atomic E-state index is 0.727. The molecule has 0 amide bonds. The van der Waals surface area contributed by atoms with Gasteiger partial charge in [0.1, 0.15) is 12.2 Å². The number of aromatic nitrogens is 3. The summed E-state index contributed by atoms with van der Waals surface area (Å²) in [4.78, 5) is 8.07. The third-order valence-corrected chi connectivity index (χ3v) is 5.16. The van der Waals surface area contributed by atoms with Crippen LogP contribution >= 0.6 is 22.9 Å². The molecule has 0 aromatic carbocycles. The van der Waals surface area contributed by atoms with Crippen molar-refractivity contribution in [1.29, 1.82) is 0 Å². The van der Waals surface area contributed by atoms with Crippen LogP contribution in [0.25, 0.3) is 0 Å². The largest absolute Gasteiger partial charge is 0.382 e. The Morgan fingerprint density at radius 3 is 2.96 bits per heavy atom. The second-order valence-corrected chi connectivity index (χ2v) is 7.84. The van der Waals surface area contributed by atoms with E-state index in [1.54, 1.807) is 17.7 Å². The van der Waals surface area contributed by atoms with Gasteiger partial charge >= 0.3 is 0 Å². The normalized spacial score (nSPS) is 11.8. The molecule has 27 heavy (non-hydrogen) atoms. The highest BCUT2D eigenvalue weighted by Crippen LogP contribution is 2.22. The van der Waals surface area contributed by atoms with Gasteiger partial charge in [-0.05, 0) is 25.5 Å². The highest BCUT2D eigenvalue weighted by molar-refractivity contribution is 7.16. The van der Waals surface area contributed by atoms with Crippen LogP contribution in [0.5, 0.6) is 0 Å². The van der Waals surface area contributed by atoms with Crippen LogP contribution in [-0.2, 0) is 24.2 Å². The molecule has 2 aromatic rings. The smallest absolute Gasteiger partial charge is 0.194 e. The van der Waals surface area contributed by atoms with Gasteiger partial charge < -0.3 is 19.5 Å². The Morgan fingerprint density at radius 2 is 2.26 bits per heavy atom. The first-order valence-electron chi connectivity index (χ1n) is 9.32. The lowest BCUT2D eigenvalue weighted by Crippen LogP contribution is -2.40. The summed E-state index contributed by atoms with van der Waals surface area (Å²) in [6.45, 7) is 8.61. The van der Waals surface area contributed by atoms with E-state index < -0.39 is 0 Å². The molecule has 0 atom stereocenters. The average molecular weight is 413 g/mol. The van der Waals surface area contributed by atoms with E-state index in [9.17, 15) is 0 Å². The van der Waals surface area contributed by atoms with Gasteiger partial charge in [-0.25, -0.2) is 0 Å². The van der Waals surface area contributed by atoms with Crippen LogP contribution < -0.4 is 5.32 Å². The summed E-state index contributed by atoms with van der Waals surface area (Å²) < 4.78 is 8.27. The minimum Gasteiger partial charge on any atom is -0.382 e. The Morgan fingerprint density at radius 1 is 1.41 bits per heavy atom. The van der Waals surface area contributed by atoms with Crippen molar-refractivity contribution < 1.29 is 4.74 Å². The summed E-state index contributed by atoms with van der Waals surface area (Å²) in [5.74, 6) is 1.87. The predicted molar refractivity (Wildman–Crippen MR) is 112 cm³/mol. The van der Waals surface area contributed by atoms with E-state index in [0.717, 1.165) is 68.4 Å². The quantitative estimate of drug-likeness (QED) is 0.349. The van der Waals surface area contributed by atoms with Gasteiger partial charge in [0, 0.05) is 51.2 Å². The van der Waals surface area contributed by atoms with Crippen molar-refractivity contribution in [3.63, 3.8) is 0 Å². The molecule has 0 fully saturated rings. The number of ether oxygens (including phenoxy) is 1. The molecule has 2 aromatic heterocycles. The number of rotatable bonds is 11. The monoisotopic (exact) mass is 412 g/mol. The molecular formula is C18H29ClN6OS. The van der Waals surface area contributed by atoms with Crippen LogP contribution in [0, 0.1) is 0 Å². The first kappa shape index (κ1) is 21.7. The molecule has 7 nitrogen and oxygen atoms in total. The lowest BCUT2D eigenvalue weighted by Gasteiger charge is -2.22. The van der Waals surface area contributed by atoms with Crippen molar-refractivity contribution in [2.24, 2.45) is 4.99 Å². The maximum atomic E-state index is 6.05. The number of aliphatic imine (C=N–C) groups is 1. The maximum Gasteiger partial charge on any atom is 0.194 e. The molecule has 9 heteroatoms. The van der Waals surface area contributed by atoms with Crippen molar-refractivity contribution in [3.8, 4) is 0 Å². The number of nitrogens with one attached hydrogen (secondary N) is 1. The lowest BCUT2D eigenvalue weighted by molar-refractivity contribution is 0.146. The zero-order valence-corrected chi connectivity index (χ0v) is 17.9. The second kappa shape index (κ2) is 11.9. The molecule has 0 aliphatic carbocycles. The van der Waals surface area contributed by atoms with Gasteiger partial charge in [-0.3, -0.25) is 4.99 Å². The van der Waals surface area contributed by atoms with E-state index in [2.05, 4.69) is 38.0 Å². The summed E-state index contributed by atoms with van der Waals surface area (Å²) in [5.41, 5.74) is 0. The summed E-state index contributed by atoms with van der Waals surface area (Å²) in [5, 5.41) is 11.6. The molecule has 0 unspecified atom stereocenters. The van der Waals surface area contributed by atoms with Crippen molar-refractivity contribution in [1.82, 2.24) is 25.0 Å². The molecule has 0 bridgehead atoms. The predicted octanol–water partition coefficient (Wildman–Crippen LogP) is 3.06. The van der Waals surface area contributed by atoms with Gasteiger partial charge in [0.2, 0.25) is 0 Å². The number of hydrogen-bond donors (Lipinski definition) is 1. The van der Waals surface area contributed by atoms with Gasteiger partial charge in [0.25, 0.3) is 0 Å². The number of thiophene rings is 1. The van der Waals surface area contributed by atoms with Gasteiger partial charge in [0.15, 0.2) is 5.96 Å². The van der Waals surface area contributed by atoms with Crippen molar-refractivity contribution in [2.75, 3.05) is 33.4 Å². The fraction of sp³-hybridized carbons (Fsp3) is 0.611. The topological polar surface area (TPSA) is 67.6 Å². The molecular weight excluding hydrogens is 384 g/mol.